The molecule has 1 atom stereocenters. The van der Waals surface area contributed by atoms with Crippen molar-refractivity contribution in [2.24, 2.45) is 0 Å². The molecule has 0 saturated carbocycles. The van der Waals surface area contributed by atoms with E-state index < -0.39 is 6.10 Å². The summed E-state index contributed by atoms with van der Waals surface area (Å²) in [4.78, 5) is 9.03. The van der Waals surface area contributed by atoms with E-state index >= 15 is 0 Å². The normalized spacial score (nSPS) is 15.5. The molecule has 1 N–H and O–H groups in total. The van der Waals surface area contributed by atoms with Crippen molar-refractivity contribution >= 4 is 22.7 Å². The van der Waals surface area contributed by atoms with E-state index in [2.05, 4.69) is 19.9 Å². The summed E-state index contributed by atoms with van der Waals surface area (Å²) in [5.41, 5.74) is 3.52. The summed E-state index contributed by atoms with van der Waals surface area (Å²) in [5.74, 6) is 1.49. The molecule has 0 radical (unpaired) electrons. The lowest BCUT2D eigenvalue weighted by Crippen LogP contribution is -2.48. The monoisotopic (exact) mass is 562 g/mol. The van der Waals surface area contributed by atoms with Crippen LogP contribution in [-0.4, -0.2) is 70.5 Å². The third-order valence-electron chi connectivity index (χ3n) is 6.91. The van der Waals surface area contributed by atoms with Crippen LogP contribution < -0.4 is 4.74 Å². The van der Waals surface area contributed by atoms with Crippen LogP contribution in [0.4, 0.5) is 4.39 Å². The molecule has 2 aromatic heterocycles. The second-order valence-electron chi connectivity index (χ2n) is 9.86. The van der Waals surface area contributed by atoms with E-state index in [1.165, 1.54) is 12.1 Å². The fraction of sp³-hybridized carbons (Fsp3) is 0.267. The Labute approximate surface area is 235 Å². The van der Waals surface area contributed by atoms with Gasteiger partial charge >= 0.3 is 0 Å². The van der Waals surface area contributed by atoms with Crippen molar-refractivity contribution < 1.29 is 23.2 Å². The molecule has 3 heterocycles. The quantitative estimate of drug-likeness (QED) is 0.252. The first-order valence-electron chi connectivity index (χ1n) is 13.1. The third-order valence-corrected chi connectivity index (χ3v) is 7.24. The highest BCUT2D eigenvalue weighted by Gasteiger charge is 2.21. The minimum absolute atomic E-state index is 0.164. The van der Waals surface area contributed by atoms with Gasteiger partial charge in [-0.15, -0.1) is 0 Å². The van der Waals surface area contributed by atoms with Crippen LogP contribution in [-0.2, 0) is 6.54 Å². The Bertz CT molecular complexity index is 1580. The average molecular weight is 563 g/mol. The molecule has 0 bridgehead atoms. The molecule has 10 heteroatoms. The topological polar surface area (TPSA) is 88.0 Å². The number of piperazine rings is 1. The number of β-amino-alcohol motifs (C(OH)–C–C–N with tert-alkyl or cyclic N) is 1. The van der Waals surface area contributed by atoms with Crippen molar-refractivity contribution in [2.75, 3.05) is 39.3 Å². The average Bonchev–Trinajstić information content (AvgIpc) is 3.60. The minimum atomic E-state index is -0.637. The highest BCUT2D eigenvalue weighted by atomic mass is 35.5. The Balaban J connectivity index is 0.963. The van der Waals surface area contributed by atoms with Crippen LogP contribution in [0.2, 0.25) is 5.02 Å². The van der Waals surface area contributed by atoms with E-state index in [0.717, 1.165) is 43.2 Å². The minimum Gasteiger partial charge on any atom is -0.491 e. The number of ether oxygens (including phenoxy) is 1. The van der Waals surface area contributed by atoms with Gasteiger partial charge < -0.3 is 18.8 Å². The van der Waals surface area contributed by atoms with Gasteiger partial charge in [-0.3, -0.25) is 9.80 Å². The van der Waals surface area contributed by atoms with Crippen molar-refractivity contribution in [3.63, 3.8) is 0 Å². The summed E-state index contributed by atoms with van der Waals surface area (Å²) < 4.78 is 30.4. The Morgan fingerprint density at radius 2 is 1.75 bits per heavy atom. The molecule has 206 valence electrons. The molecule has 6 rings (SSSR count). The smallest absolute Gasteiger partial charge is 0.227 e. The van der Waals surface area contributed by atoms with Crippen molar-refractivity contribution in [2.45, 2.75) is 12.6 Å². The first kappa shape index (κ1) is 26.5. The lowest BCUT2D eigenvalue weighted by atomic mass is 10.1. The zero-order chi connectivity index (χ0) is 27.5. The Morgan fingerprint density at radius 3 is 2.55 bits per heavy atom. The fourth-order valence-corrected chi connectivity index (χ4v) is 5.02. The number of aliphatic hydroxyl groups is 1. The highest BCUT2D eigenvalue weighted by Crippen LogP contribution is 2.28. The molecular formula is C30H28ClFN4O4. The van der Waals surface area contributed by atoms with Gasteiger partial charge in [0.1, 0.15) is 35.5 Å². The molecule has 1 aliphatic heterocycles. The number of rotatable bonds is 9. The number of nitrogens with zero attached hydrogens (tertiary/aromatic N) is 4. The van der Waals surface area contributed by atoms with Crippen molar-refractivity contribution in [3.8, 4) is 28.5 Å². The molecule has 3 aromatic carbocycles. The number of oxazole rings is 1. The van der Waals surface area contributed by atoms with Gasteiger partial charge in [0.25, 0.3) is 0 Å². The van der Waals surface area contributed by atoms with Crippen LogP contribution in [0.1, 0.15) is 5.76 Å². The van der Waals surface area contributed by atoms with Gasteiger partial charge in [-0.25, -0.2) is 9.37 Å². The highest BCUT2D eigenvalue weighted by molar-refractivity contribution is 6.33. The maximum Gasteiger partial charge on any atom is 0.227 e. The molecule has 40 heavy (non-hydrogen) atoms. The summed E-state index contributed by atoms with van der Waals surface area (Å²) in [7, 11) is 0. The van der Waals surface area contributed by atoms with Gasteiger partial charge in [0.15, 0.2) is 11.3 Å². The second kappa shape index (κ2) is 11.8. The zero-order valence-electron chi connectivity index (χ0n) is 21.7. The van der Waals surface area contributed by atoms with E-state index in [1.54, 1.807) is 30.3 Å². The largest absolute Gasteiger partial charge is 0.491 e. The molecule has 0 aliphatic carbocycles. The number of halogens is 2. The lowest BCUT2D eigenvalue weighted by Gasteiger charge is -2.35. The van der Waals surface area contributed by atoms with Crippen molar-refractivity contribution in [1.29, 1.82) is 0 Å². The Morgan fingerprint density at radius 1 is 0.975 bits per heavy atom. The molecule has 1 saturated heterocycles. The Kier molecular flexibility index (Phi) is 7.79. The predicted octanol–water partition coefficient (Wildman–Crippen LogP) is 5.50. The number of aromatic nitrogens is 2. The summed E-state index contributed by atoms with van der Waals surface area (Å²) in [6, 6.07) is 20.9. The molecule has 1 aliphatic rings. The van der Waals surface area contributed by atoms with Crippen LogP contribution in [0.25, 0.3) is 33.8 Å². The molecule has 0 unspecified atom stereocenters. The number of benzene rings is 3. The summed E-state index contributed by atoms with van der Waals surface area (Å²) in [6.45, 7) is 4.73. The first-order valence-corrected chi connectivity index (χ1v) is 13.5. The first-order chi connectivity index (χ1) is 19.5. The number of aliphatic hydroxyl groups excluding tert-OH is 1. The van der Waals surface area contributed by atoms with E-state index in [9.17, 15) is 9.50 Å². The predicted molar refractivity (Wildman–Crippen MR) is 150 cm³/mol. The number of hydrogen-bond donors (Lipinski definition) is 1. The third kappa shape index (κ3) is 6.18. The SMILES string of the molecule is O[C@H](COc1ccc2oc(-c3ccc(F)cc3)nc2c1)CN1CCN(Cc2cc(-c3ccccc3Cl)no2)CC1. The van der Waals surface area contributed by atoms with Crippen LogP contribution in [0.5, 0.6) is 5.75 Å². The van der Waals surface area contributed by atoms with E-state index in [-0.39, 0.29) is 12.4 Å². The molecule has 0 spiro atoms. The number of hydrogen-bond acceptors (Lipinski definition) is 8. The van der Waals surface area contributed by atoms with Gasteiger partial charge in [0.05, 0.1) is 11.6 Å². The maximum absolute atomic E-state index is 13.2. The van der Waals surface area contributed by atoms with E-state index in [0.29, 0.717) is 46.4 Å². The van der Waals surface area contributed by atoms with Gasteiger partial charge in [-0.05, 0) is 42.5 Å². The summed E-state index contributed by atoms with van der Waals surface area (Å²) >= 11 is 6.28. The van der Waals surface area contributed by atoms with Crippen LogP contribution in [0, 0.1) is 5.82 Å². The van der Waals surface area contributed by atoms with Gasteiger partial charge in [0, 0.05) is 56.0 Å². The van der Waals surface area contributed by atoms with Crippen LogP contribution >= 0.6 is 11.6 Å². The van der Waals surface area contributed by atoms with Crippen molar-refractivity contribution in [3.05, 3.63) is 89.4 Å². The lowest BCUT2D eigenvalue weighted by molar-refractivity contribution is 0.0430. The second-order valence-corrected chi connectivity index (χ2v) is 10.3. The van der Waals surface area contributed by atoms with Gasteiger partial charge in [-0.2, -0.15) is 0 Å². The van der Waals surface area contributed by atoms with Gasteiger partial charge in [-0.1, -0.05) is 35.0 Å². The molecule has 1 fully saturated rings. The van der Waals surface area contributed by atoms with Crippen LogP contribution in [0.15, 0.2) is 81.7 Å². The maximum atomic E-state index is 13.2. The summed E-state index contributed by atoms with van der Waals surface area (Å²) in [5, 5.41) is 15.4. The molecule has 5 aromatic rings. The fourth-order valence-electron chi connectivity index (χ4n) is 4.79. The Hall–Kier alpha value is -3.76. The van der Waals surface area contributed by atoms with Crippen molar-refractivity contribution in [1.82, 2.24) is 19.9 Å². The van der Waals surface area contributed by atoms with E-state index in [4.69, 9.17) is 25.3 Å². The van der Waals surface area contributed by atoms with E-state index in [1.807, 2.05) is 30.3 Å². The van der Waals surface area contributed by atoms with Gasteiger partial charge in [0.2, 0.25) is 5.89 Å². The molecule has 0 amide bonds. The standard InChI is InChI=1S/C30H28ClFN4O4/c31-26-4-2-1-3-25(26)27-16-24(40-34-27)18-36-13-11-35(12-14-36)17-22(37)19-38-23-9-10-29-28(15-23)33-30(39-29)20-5-7-21(32)8-6-20/h1-10,15-16,22,37H,11-14,17-19H2/t22-/m0/s1. The number of fused-ring (bicyclic) bond motifs is 1. The van der Waals surface area contributed by atoms with Crippen LogP contribution in [0.3, 0.4) is 0 Å². The molecule has 8 nitrogen and oxygen atoms in total. The summed E-state index contributed by atoms with van der Waals surface area (Å²) in [6.07, 6.45) is -0.637. The molecular weight excluding hydrogens is 535 g/mol. The zero-order valence-corrected chi connectivity index (χ0v) is 22.4.